The fourth-order valence-corrected chi connectivity index (χ4v) is 3.06. The number of morpholine rings is 1. The molecule has 2 fully saturated rings. The van der Waals surface area contributed by atoms with Gasteiger partial charge in [-0.3, -0.25) is 4.79 Å². The van der Waals surface area contributed by atoms with Crippen LogP contribution in [0.2, 0.25) is 0 Å². The van der Waals surface area contributed by atoms with Crippen LogP contribution in [0.15, 0.2) is 24.3 Å². The van der Waals surface area contributed by atoms with Crippen LogP contribution in [-0.4, -0.2) is 31.2 Å². The van der Waals surface area contributed by atoms with E-state index in [1.165, 1.54) is 12.1 Å². The quantitative estimate of drug-likeness (QED) is 0.929. The highest BCUT2D eigenvalue weighted by atomic mass is 16.5. The molecular weight excluding hydrogens is 264 g/mol. The first-order chi connectivity index (χ1) is 10.1. The third-order valence-electron chi connectivity index (χ3n) is 4.40. The number of anilines is 2. The Morgan fingerprint density at radius 2 is 1.76 bits per heavy atom. The molecule has 114 valence electrons. The molecule has 3 rings (SSSR count). The standard InChI is InChI=1S/C17H24N2O2/c1-12-10-19(11-13(2)21-12)16-8-6-15(7-9-16)18-17(20)14-4-3-5-14/h6-9,12-14H,3-5,10-11H2,1-2H3,(H,18,20)/t12-,13-/m0/s1. The van der Waals surface area contributed by atoms with Gasteiger partial charge < -0.3 is 15.0 Å². The van der Waals surface area contributed by atoms with E-state index in [0.29, 0.717) is 0 Å². The Morgan fingerprint density at radius 1 is 1.14 bits per heavy atom. The van der Waals surface area contributed by atoms with Crippen molar-refractivity contribution in [1.82, 2.24) is 0 Å². The maximum Gasteiger partial charge on any atom is 0.227 e. The molecule has 4 nitrogen and oxygen atoms in total. The third-order valence-corrected chi connectivity index (χ3v) is 4.40. The van der Waals surface area contributed by atoms with Crippen molar-refractivity contribution >= 4 is 17.3 Å². The molecular formula is C17H24N2O2. The lowest BCUT2D eigenvalue weighted by molar-refractivity contribution is -0.122. The van der Waals surface area contributed by atoms with Gasteiger partial charge in [0.25, 0.3) is 0 Å². The van der Waals surface area contributed by atoms with E-state index in [0.717, 1.165) is 31.6 Å². The molecule has 1 aliphatic carbocycles. The Hall–Kier alpha value is -1.55. The van der Waals surface area contributed by atoms with E-state index in [1.807, 2.05) is 12.1 Å². The van der Waals surface area contributed by atoms with Crippen LogP contribution in [0, 0.1) is 5.92 Å². The molecule has 0 spiro atoms. The van der Waals surface area contributed by atoms with Crippen LogP contribution in [-0.2, 0) is 9.53 Å². The lowest BCUT2D eigenvalue weighted by Crippen LogP contribution is -2.45. The van der Waals surface area contributed by atoms with E-state index in [1.54, 1.807) is 0 Å². The van der Waals surface area contributed by atoms with Crippen LogP contribution in [0.1, 0.15) is 33.1 Å². The molecule has 1 aliphatic heterocycles. The van der Waals surface area contributed by atoms with Crippen molar-refractivity contribution in [3.05, 3.63) is 24.3 Å². The number of carbonyl (C=O) groups excluding carboxylic acids is 1. The van der Waals surface area contributed by atoms with E-state index in [2.05, 4.69) is 36.2 Å². The van der Waals surface area contributed by atoms with Gasteiger partial charge in [-0.05, 0) is 51.0 Å². The summed E-state index contributed by atoms with van der Waals surface area (Å²) in [6.45, 7) is 6.04. The molecule has 4 heteroatoms. The molecule has 1 amide bonds. The van der Waals surface area contributed by atoms with E-state index in [9.17, 15) is 4.79 Å². The molecule has 1 aromatic carbocycles. The predicted molar refractivity (Wildman–Crippen MR) is 84.6 cm³/mol. The number of carbonyl (C=O) groups is 1. The Bertz CT molecular complexity index is 486. The van der Waals surface area contributed by atoms with Crippen molar-refractivity contribution in [2.24, 2.45) is 5.92 Å². The second-order valence-corrected chi connectivity index (χ2v) is 6.33. The number of hydrogen-bond donors (Lipinski definition) is 1. The number of ether oxygens (including phenoxy) is 1. The van der Waals surface area contributed by atoms with Crippen molar-refractivity contribution in [2.75, 3.05) is 23.3 Å². The minimum absolute atomic E-state index is 0.169. The lowest BCUT2D eigenvalue weighted by atomic mass is 9.85. The topological polar surface area (TPSA) is 41.6 Å². The van der Waals surface area contributed by atoms with Gasteiger partial charge in [-0.1, -0.05) is 6.42 Å². The first-order valence-corrected chi connectivity index (χ1v) is 7.93. The Labute approximate surface area is 126 Å². The highest BCUT2D eigenvalue weighted by Gasteiger charge is 2.25. The number of nitrogens with zero attached hydrogens (tertiary/aromatic N) is 1. The van der Waals surface area contributed by atoms with E-state index < -0.39 is 0 Å². The average molecular weight is 288 g/mol. The largest absolute Gasteiger partial charge is 0.372 e. The molecule has 1 aromatic rings. The minimum atomic E-state index is 0.169. The molecule has 1 heterocycles. The van der Waals surface area contributed by atoms with Gasteiger partial charge >= 0.3 is 0 Å². The van der Waals surface area contributed by atoms with Crippen molar-refractivity contribution in [3.8, 4) is 0 Å². The number of rotatable bonds is 3. The summed E-state index contributed by atoms with van der Waals surface area (Å²) in [4.78, 5) is 14.3. The maximum atomic E-state index is 11.9. The molecule has 1 saturated carbocycles. The van der Waals surface area contributed by atoms with Crippen LogP contribution in [0.4, 0.5) is 11.4 Å². The maximum absolute atomic E-state index is 11.9. The molecule has 0 aromatic heterocycles. The molecule has 2 atom stereocenters. The Kier molecular flexibility index (Phi) is 4.15. The second kappa shape index (κ2) is 6.06. The molecule has 21 heavy (non-hydrogen) atoms. The smallest absolute Gasteiger partial charge is 0.227 e. The molecule has 2 aliphatic rings. The molecule has 1 saturated heterocycles. The number of nitrogens with one attached hydrogen (secondary N) is 1. The highest BCUT2D eigenvalue weighted by molar-refractivity contribution is 5.93. The van der Waals surface area contributed by atoms with Gasteiger partial charge in [-0.15, -0.1) is 0 Å². The van der Waals surface area contributed by atoms with Crippen LogP contribution in [0.25, 0.3) is 0 Å². The van der Waals surface area contributed by atoms with Crippen molar-refractivity contribution in [1.29, 1.82) is 0 Å². The van der Waals surface area contributed by atoms with Crippen LogP contribution in [0.5, 0.6) is 0 Å². The summed E-state index contributed by atoms with van der Waals surface area (Å²) in [5.74, 6) is 0.397. The van der Waals surface area contributed by atoms with Gasteiger partial charge in [-0.2, -0.15) is 0 Å². The SMILES string of the molecule is C[C@H]1CN(c2ccc(NC(=O)C3CCC3)cc2)C[C@H](C)O1. The van der Waals surface area contributed by atoms with Gasteiger partial charge in [-0.25, -0.2) is 0 Å². The zero-order valence-electron chi connectivity index (χ0n) is 12.8. The van der Waals surface area contributed by atoms with Crippen molar-refractivity contribution in [2.45, 2.75) is 45.3 Å². The third kappa shape index (κ3) is 3.38. The van der Waals surface area contributed by atoms with E-state index in [4.69, 9.17) is 4.74 Å². The zero-order chi connectivity index (χ0) is 14.8. The zero-order valence-corrected chi connectivity index (χ0v) is 12.8. The van der Waals surface area contributed by atoms with Gasteiger partial charge in [0.05, 0.1) is 12.2 Å². The van der Waals surface area contributed by atoms with Crippen LogP contribution in [0.3, 0.4) is 0 Å². The van der Waals surface area contributed by atoms with Gasteiger partial charge in [0.2, 0.25) is 5.91 Å². The lowest BCUT2D eigenvalue weighted by Gasteiger charge is -2.36. The summed E-state index contributed by atoms with van der Waals surface area (Å²) < 4.78 is 5.76. The summed E-state index contributed by atoms with van der Waals surface area (Å²) in [7, 11) is 0. The summed E-state index contributed by atoms with van der Waals surface area (Å²) in [5, 5.41) is 3.01. The van der Waals surface area contributed by atoms with Crippen LogP contribution >= 0.6 is 0 Å². The Morgan fingerprint density at radius 3 is 2.29 bits per heavy atom. The molecule has 0 bridgehead atoms. The monoisotopic (exact) mass is 288 g/mol. The molecule has 0 radical (unpaired) electrons. The Balaban J connectivity index is 1.62. The van der Waals surface area contributed by atoms with Crippen molar-refractivity contribution in [3.63, 3.8) is 0 Å². The molecule has 1 N–H and O–H groups in total. The highest BCUT2D eigenvalue weighted by Crippen LogP contribution is 2.28. The normalized spacial score (nSPS) is 26.3. The number of benzene rings is 1. The second-order valence-electron chi connectivity index (χ2n) is 6.33. The summed E-state index contributed by atoms with van der Waals surface area (Å²) in [5.41, 5.74) is 2.09. The summed E-state index contributed by atoms with van der Waals surface area (Å²) >= 11 is 0. The summed E-state index contributed by atoms with van der Waals surface area (Å²) in [6.07, 6.45) is 3.77. The van der Waals surface area contributed by atoms with Gasteiger partial charge in [0, 0.05) is 30.4 Å². The predicted octanol–water partition coefficient (Wildman–Crippen LogP) is 3.04. The van der Waals surface area contributed by atoms with Gasteiger partial charge in [0.1, 0.15) is 0 Å². The van der Waals surface area contributed by atoms with E-state index in [-0.39, 0.29) is 24.0 Å². The fourth-order valence-electron chi connectivity index (χ4n) is 3.06. The van der Waals surface area contributed by atoms with E-state index >= 15 is 0 Å². The number of hydrogen-bond acceptors (Lipinski definition) is 3. The number of amides is 1. The summed E-state index contributed by atoms with van der Waals surface area (Å²) in [6, 6.07) is 8.16. The van der Waals surface area contributed by atoms with Crippen LogP contribution < -0.4 is 10.2 Å². The molecule has 0 unspecified atom stereocenters. The fraction of sp³-hybridized carbons (Fsp3) is 0.588. The first kappa shape index (κ1) is 14.4. The average Bonchev–Trinajstić information content (AvgIpc) is 2.36. The minimum Gasteiger partial charge on any atom is -0.372 e. The van der Waals surface area contributed by atoms with Gasteiger partial charge in [0.15, 0.2) is 0 Å². The van der Waals surface area contributed by atoms with Crippen molar-refractivity contribution < 1.29 is 9.53 Å². The first-order valence-electron chi connectivity index (χ1n) is 7.93.